The zero-order valence-corrected chi connectivity index (χ0v) is 18.0. The van der Waals surface area contributed by atoms with E-state index in [2.05, 4.69) is 20.0 Å². The molecule has 2 aromatic rings. The van der Waals surface area contributed by atoms with Crippen LogP contribution in [-0.2, 0) is 10.0 Å². The molecule has 9 heteroatoms. The Morgan fingerprint density at radius 2 is 1.43 bits per heavy atom. The minimum atomic E-state index is -3.63. The molecule has 4 rings (SSSR count). The molecular formula is C21H27N5O3S. The molecule has 0 radical (unpaired) electrons. The highest BCUT2D eigenvalue weighted by Crippen LogP contribution is 2.22. The molecule has 0 bridgehead atoms. The number of sulfonamides is 1. The van der Waals surface area contributed by atoms with E-state index in [0.29, 0.717) is 31.7 Å². The van der Waals surface area contributed by atoms with Gasteiger partial charge in [-0.15, -0.1) is 10.2 Å². The van der Waals surface area contributed by atoms with Crippen molar-refractivity contribution in [2.45, 2.75) is 31.1 Å². The van der Waals surface area contributed by atoms with E-state index in [1.165, 1.54) is 36.6 Å². The lowest BCUT2D eigenvalue weighted by atomic mass is 10.1. The zero-order valence-electron chi connectivity index (χ0n) is 17.2. The molecule has 0 unspecified atom stereocenters. The average Bonchev–Trinajstić information content (AvgIpc) is 2.80. The Morgan fingerprint density at radius 1 is 0.833 bits per heavy atom. The van der Waals surface area contributed by atoms with Gasteiger partial charge in [0.05, 0.1) is 4.90 Å². The summed E-state index contributed by atoms with van der Waals surface area (Å²) in [5.74, 6) is 1.53. The molecule has 30 heavy (non-hydrogen) atoms. The lowest BCUT2D eigenvalue weighted by Gasteiger charge is -2.34. The second kappa shape index (κ2) is 8.69. The molecular weight excluding hydrogens is 402 g/mol. The topological polar surface area (TPSA) is 86.7 Å². The molecule has 0 amide bonds. The number of hydrogen-bond donors (Lipinski definition) is 0. The van der Waals surface area contributed by atoms with Crippen molar-refractivity contribution in [3.8, 4) is 0 Å². The van der Waals surface area contributed by atoms with E-state index in [-0.39, 0.29) is 10.7 Å². The molecule has 0 atom stereocenters. The Balaban J connectivity index is 1.41. The van der Waals surface area contributed by atoms with Gasteiger partial charge in [-0.2, -0.15) is 4.31 Å². The standard InChI is InChI=1S/C21H27N5O3S/c1-17(27)18-6-5-7-19(16-18)30(28,29)26-14-12-25(13-15-26)21-9-8-20(22-23-21)24-10-3-2-4-11-24/h5-9,16H,2-4,10-15H2,1H3. The first-order chi connectivity index (χ1) is 14.4. The summed E-state index contributed by atoms with van der Waals surface area (Å²) in [6.45, 7) is 5.30. The highest BCUT2D eigenvalue weighted by atomic mass is 32.2. The second-order valence-electron chi connectivity index (χ2n) is 7.77. The summed E-state index contributed by atoms with van der Waals surface area (Å²) in [6.07, 6.45) is 3.65. The highest BCUT2D eigenvalue weighted by molar-refractivity contribution is 7.89. The fraction of sp³-hybridized carbons (Fsp3) is 0.476. The second-order valence-corrected chi connectivity index (χ2v) is 9.71. The summed E-state index contributed by atoms with van der Waals surface area (Å²) in [5.41, 5.74) is 0.402. The van der Waals surface area contributed by atoms with Gasteiger partial charge in [0.1, 0.15) is 0 Å². The van der Waals surface area contributed by atoms with Gasteiger partial charge in [0.15, 0.2) is 17.4 Å². The van der Waals surface area contributed by atoms with Crippen LogP contribution >= 0.6 is 0 Å². The number of piperazine rings is 1. The van der Waals surface area contributed by atoms with E-state index in [1.807, 2.05) is 12.1 Å². The Labute approximate surface area is 177 Å². The number of carbonyl (C=O) groups excluding carboxylic acids is 1. The Bertz CT molecular complexity index is 996. The third-order valence-corrected chi connectivity index (χ3v) is 7.65. The quantitative estimate of drug-likeness (QED) is 0.673. The lowest BCUT2D eigenvalue weighted by Crippen LogP contribution is -2.49. The van der Waals surface area contributed by atoms with E-state index in [1.54, 1.807) is 18.2 Å². The number of Topliss-reactive ketones (excluding diaryl/α,β-unsaturated/α-hetero) is 1. The average molecular weight is 430 g/mol. The molecule has 0 aliphatic carbocycles. The molecule has 1 aromatic carbocycles. The molecule has 3 heterocycles. The van der Waals surface area contributed by atoms with Crippen LogP contribution in [0.1, 0.15) is 36.5 Å². The number of rotatable bonds is 5. The maximum absolute atomic E-state index is 13.0. The molecule has 0 N–H and O–H groups in total. The van der Waals surface area contributed by atoms with Crippen molar-refractivity contribution in [3.05, 3.63) is 42.0 Å². The predicted molar refractivity (Wildman–Crippen MR) is 116 cm³/mol. The summed E-state index contributed by atoms with van der Waals surface area (Å²) >= 11 is 0. The van der Waals surface area contributed by atoms with Gasteiger partial charge in [-0.1, -0.05) is 12.1 Å². The molecule has 0 spiro atoms. The van der Waals surface area contributed by atoms with Gasteiger partial charge in [0.2, 0.25) is 10.0 Å². The van der Waals surface area contributed by atoms with Gasteiger partial charge < -0.3 is 9.80 Å². The van der Waals surface area contributed by atoms with Crippen LogP contribution in [0.15, 0.2) is 41.3 Å². The normalized spacial score (nSPS) is 18.4. The molecule has 160 valence electrons. The minimum Gasteiger partial charge on any atom is -0.355 e. The third kappa shape index (κ3) is 4.32. The van der Waals surface area contributed by atoms with E-state index in [0.717, 1.165) is 24.7 Å². The summed E-state index contributed by atoms with van der Waals surface area (Å²) < 4.78 is 27.4. The van der Waals surface area contributed by atoms with Crippen LogP contribution in [0, 0.1) is 0 Å². The molecule has 8 nitrogen and oxygen atoms in total. The van der Waals surface area contributed by atoms with E-state index in [9.17, 15) is 13.2 Å². The van der Waals surface area contributed by atoms with Gasteiger partial charge >= 0.3 is 0 Å². The SMILES string of the molecule is CC(=O)c1cccc(S(=O)(=O)N2CCN(c3ccc(N4CCCCC4)nn3)CC2)c1. The monoisotopic (exact) mass is 429 g/mol. The van der Waals surface area contributed by atoms with Crippen molar-refractivity contribution in [2.75, 3.05) is 49.1 Å². The number of benzene rings is 1. The number of piperidine rings is 1. The summed E-state index contributed by atoms with van der Waals surface area (Å²) in [7, 11) is -3.63. The van der Waals surface area contributed by atoms with Crippen LogP contribution < -0.4 is 9.80 Å². The third-order valence-electron chi connectivity index (χ3n) is 5.76. The van der Waals surface area contributed by atoms with Crippen molar-refractivity contribution in [2.24, 2.45) is 0 Å². The van der Waals surface area contributed by atoms with Crippen molar-refractivity contribution >= 4 is 27.4 Å². The number of carbonyl (C=O) groups is 1. The fourth-order valence-electron chi connectivity index (χ4n) is 3.96. The van der Waals surface area contributed by atoms with Crippen LogP contribution in [0.4, 0.5) is 11.6 Å². The largest absolute Gasteiger partial charge is 0.355 e. The van der Waals surface area contributed by atoms with Crippen LogP contribution in [0.2, 0.25) is 0 Å². The Hall–Kier alpha value is -2.52. The fourth-order valence-corrected chi connectivity index (χ4v) is 5.43. The van der Waals surface area contributed by atoms with Crippen molar-refractivity contribution in [1.29, 1.82) is 0 Å². The molecule has 2 fully saturated rings. The maximum atomic E-state index is 13.0. The maximum Gasteiger partial charge on any atom is 0.243 e. The number of hydrogen-bond acceptors (Lipinski definition) is 7. The Kier molecular flexibility index (Phi) is 6.01. The van der Waals surface area contributed by atoms with Gasteiger partial charge in [0.25, 0.3) is 0 Å². The Morgan fingerprint density at radius 3 is 2.00 bits per heavy atom. The first-order valence-corrected chi connectivity index (χ1v) is 11.8. The number of nitrogens with zero attached hydrogens (tertiary/aromatic N) is 5. The lowest BCUT2D eigenvalue weighted by molar-refractivity contribution is 0.101. The first kappa shape index (κ1) is 20.7. The van der Waals surface area contributed by atoms with Crippen LogP contribution in [0.3, 0.4) is 0 Å². The van der Waals surface area contributed by atoms with Gasteiger partial charge in [-0.3, -0.25) is 4.79 Å². The van der Waals surface area contributed by atoms with Gasteiger partial charge in [-0.05, 0) is 50.5 Å². The summed E-state index contributed by atoms with van der Waals surface area (Å²) in [5, 5.41) is 8.77. The van der Waals surface area contributed by atoms with Crippen LogP contribution in [0.25, 0.3) is 0 Å². The predicted octanol–water partition coefficient (Wildman–Crippen LogP) is 2.18. The minimum absolute atomic E-state index is 0.150. The molecule has 1 aromatic heterocycles. The van der Waals surface area contributed by atoms with Crippen molar-refractivity contribution in [1.82, 2.24) is 14.5 Å². The smallest absolute Gasteiger partial charge is 0.243 e. The zero-order chi connectivity index (χ0) is 21.1. The number of anilines is 2. The number of ketones is 1. The number of aromatic nitrogens is 2. The van der Waals surface area contributed by atoms with E-state index >= 15 is 0 Å². The van der Waals surface area contributed by atoms with Crippen molar-refractivity contribution in [3.63, 3.8) is 0 Å². The van der Waals surface area contributed by atoms with Crippen LogP contribution in [-0.4, -0.2) is 68.0 Å². The molecule has 2 aliphatic rings. The van der Waals surface area contributed by atoms with Crippen LogP contribution in [0.5, 0.6) is 0 Å². The van der Waals surface area contributed by atoms with Gasteiger partial charge in [-0.25, -0.2) is 8.42 Å². The molecule has 0 saturated carbocycles. The summed E-state index contributed by atoms with van der Waals surface area (Å²) in [6, 6.07) is 10.2. The van der Waals surface area contributed by atoms with E-state index < -0.39 is 10.0 Å². The molecule has 2 aliphatic heterocycles. The molecule has 2 saturated heterocycles. The summed E-state index contributed by atoms with van der Waals surface area (Å²) in [4.78, 5) is 16.1. The van der Waals surface area contributed by atoms with E-state index in [4.69, 9.17) is 0 Å². The highest BCUT2D eigenvalue weighted by Gasteiger charge is 2.29. The van der Waals surface area contributed by atoms with Gasteiger partial charge in [0, 0.05) is 44.8 Å². The van der Waals surface area contributed by atoms with Crippen molar-refractivity contribution < 1.29 is 13.2 Å². The first-order valence-electron chi connectivity index (χ1n) is 10.4.